The van der Waals surface area contributed by atoms with Crippen LogP contribution in [-0.2, 0) is 4.79 Å². The van der Waals surface area contributed by atoms with E-state index in [4.69, 9.17) is 16.7 Å². The van der Waals surface area contributed by atoms with Crippen molar-refractivity contribution in [2.24, 2.45) is 4.99 Å². The molecule has 1 atom stereocenters. The zero-order chi connectivity index (χ0) is 13.3. The number of allylic oxidation sites excluding steroid dienone is 2. The van der Waals surface area contributed by atoms with E-state index in [1.807, 2.05) is 0 Å². The minimum atomic E-state index is -4.23. The van der Waals surface area contributed by atoms with E-state index in [9.17, 15) is 18.0 Å². The normalized spacial score (nSPS) is 27.1. The van der Waals surface area contributed by atoms with Crippen LogP contribution in [0.3, 0.4) is 0 Å². The Morgan fingerprint density at radius 1 is 1.59 bits per heavy atom. The van der Waals surface area contributed by atoms with E-state index in [-0.39, 0.29) is 18.9 Å². The fourth-order valence-electron chi connectivity index (χ4n) is 1.41. The molecule has 0 spiro atoms. The van der Waals surface area contributed by atoms with Gasteiger partial charge < -0.3 is 5.11 Å². The van der Waals surface area contributed by atoms with Gasteiger partial charge in [-0.3, -0.25) is 0 Å². The maximum Gasteiger partial charge on any atom is 0.354 e. The van der Waals surface area contributed by atoms with Crippen molar-refractivity contribution in [1.82, 2.24) is 0 Å². The molecule has 7 heteroatoms. The van der Waals surface area contributed by atoms with Crippen LogP contribution in [0.2, 0.25) is 0 Å². The number of aliphatic imine (C=N–C) groups is 1. The van der Waals surface area contributed by atoms with Gasteiger partial charge in [0.25, 0.3) is 0 Å². The molecular formula is C10H9ClF3NO2. The molecule has 0 bridgehead atoms. The third-order valence-corrected chi connectivity index (χ3v) is 2.47. The van der Waals surface area contributed by atoms with Gasteiger partial charge in [0.05, 0.1) is 5.71 Å². The van der Waals surface area contributed by atoms with Crippen LogP contribution < -0.4 is 0 Å². The van der Waals surface area contributed by atoms with Crippen molar-refractivity contribution in [2.75, 3.05) is 0 Å². The largest absolute Gasteiger partial charge is 0.478 e. The van der Waals surface area contributed by atoms with Crippen molar-refractivity contribution in [1.29, 1.82) is 0 Å². The van der Waals surface area contributed by atoms with Crippen molar-refractivity contribution in [3.05, 3.63) is 23.9 Å². The van der Waals surface area contributed by atoms with Crippen LogP contribution >= 0.6 is 11.6 Å². The lowest BCUT2D eigenvalue weighted by Gasteiger charge is -2.31. The average Bonchev–Trinajstić information content (AvgIpc) is 2.20. The first-order valence-corrected chi connectivity index (χ1v) is 5.01. The summed E-state index contributed by atoms with van der Waals surface area (Å²) in [6, 6.07) is 0. The average molecular weight is 268 g/mol. The van der Waals surface area contributed by atoms with Gasteiger partial charge in [-0.1, -0.05) is 17.7 Å². The smallest absolute Gasteiger partial charge is 0.354 e. The molecule has 1 heterocycles. The van der Waals surface area contributed by atoms with Gasteiger partial charge in [-0.15, -0.1) is 6.58 Å². The Labute approximate surface area is 100 Å². The molecule has 0 aromatic rings. The summed E-state index contributed by atoms with van der Waals surface area (Å²) < 4.78 is 40.8. The van der Waals surface area contributed by atoms with E-state index < -0.39 is 28.4 Å². The lowest BCUT2D eigenvalue weighted by Crippen LogP contribution is -2.57. The van der Waals surface area contributed by atoms with Crippen molar-refractivity contribution in [3.63, 3.8) is 0 Å². The summed E-state index contributed by atoms with van der Waals surface area (Å²) in [7, 11) is 0. The predicted molar refractivity (Wildman–Crippen MR) is 57.2 cm³/mol. The molecule has 3 nitrogen and oxygen atoms in total. The van der Waals surface area contributed by atoms with Gasteiger partial charge in [-0.05, 0) is 12.8 Å². The molecule has 0 saturated carbocycles. The van der Waals surface area contributed by atoms with E-state index in [2.05, 4.69) is 11.6 Å². The summed E-state index contributed by atoms with van der Waals surface area (Å²) in [5.74, 6) is -6.51. The Morgan fingerprint density at radius 3 is 2.65 bits per heavy atom. The Bertz CT molecular complexity index is 420. The summed E-state index contributed by atoms with van der Waals surface area (Å²) >= 11 is 5.31. The molecule has 17 heavy (non-hydrogen) atoms. The van der Waals surface area contributed by atoms with Crippen LogP contribution in [0.4, 0.5) is 13.2 Å². The molecule has 1 aliphatic rings. The number of hydrogen-bond donors (Lipinski definition) is 1. The van der Waals surface area contributed by atoms with E-state index in [0.29, 0.717) is 0 Å². The van der Waals surface area contributed by atoms with Crippen LogP contribution in [0.15, 0.2) is 28.9 Å². The molecule has 94 valence electrons. The molecular weight excluding hydrogens is 259 g/mol. The molecule has 0 aliphatic carbocycles. The lowest BCUT2D eigenvalue weighted by molar-refractivity contribution is -0.162. The molecule has 1 unspecified atom stereocenters. The van der Waals surface area contributed by atoms with Gasteiger partial charge in [0.2, 0.25) is 0 Å². The molecule has 0 fully saturated rings. The third kappa shape index (κ3) is 2.22. The fourth-order valence-corrected chi connectivity index (χ4v) is 1.65. The summed E-state index contributed by atoms with van der Waals surface area (Å²) in [6.07, 6.45) is 1.18. The maximum atomic E-state index is 14.0. The second kappa shape index (κ2) is 4.52. The SMILES string of the molecule is C=CCCC1=NC(Cl)=CC(F)(F)C1(F)C(=O)O. The topological polar surface area (TPSA) is 49.7 Å². The number of alkyl halides is 3. The fraction of sp³-hybridized carbons (Fsp3) is 0.400. The van der Waals surface area contributed by atoms with Crippen LogP contribution in [0.1, 0.15) is 12.8 Å². The number of carboxylic acid groups (broad SMARTS) is 1. The summed E-state index contributed by atoms with van der Waals surface area (Å²) in [5.41, 5.74) is -4.66. The van der Waals surface area contributed by atoms with Crippen LogP contribution in [0.5, 0.6) is 0 Å². The zero-order valence-corrected chi connectivity index (χ0v) is 9.35. The first kappa shape index (κ1) is 13.8. The van der Waals surface area contributed by atoms with E-state index >= 15 is 0 Å². The molecule has 0 saturated heterocycles. The molecule has 1 N–H and O–H groups in total. The van der Waals surface area contributed by atoms with E-state index in [1.165, 1.54) is 6.08 Å². The predicted octanol–water partition coefficient (Wildman–Crippen LogP) is 2.92. The first-order chi connectivity index (χ1) is 7.75. The standard InChI is InChI=1S/C10H9ClF3NO2/c1-2-3-4-6-10(14,8(16)17)9(12,13)5-7(11)15-6/h2,5H,1,3-4H2,(H,16,17). The van der Waals surface area contributed by atoms with Gasteiger partial charge >= 0.3 is 17.6 Å². The van der Waals surface area contributed by atoms with Gasteiger partial charge in [-0.2, -0.15) is 8.78 Å². The van der Waals surface area contributed by atoms with Gasteiger partial charge in [0.15, 0.2) is 0 Å². The van der Waals surface area contributed by atoms with Gasteiger partial charge in [0, 0.05) is 6.08 Å². The second-order valence-corrected chi connectivity index (χ2v) is 3.83. The highest BCUT2D eigenvalue weighted by Gasteiger charge is 2.64. The number of hydrogen-bond acceptors (Lipinski definition) is 2. The van der Waals surface area contributed by atoms with Gasteiger partial charge in [-0.25, -0.2) is 14.2 Å². The minimum Gasteiger partial charge on any atom is -0.478 e. The summed E-state index contributed by atoms with van der Waals surface area (Å²) in [5, 5.41) is 8.03. The monoisotopic (exact) mass is 267 g/mol. The van der Waals surface area contributed by atoms with Crippen LogP contribution in [0, 0.1) is 0 Å². The summed E-state index contributed by atoms with van der Waals surface area (Å²) in [4.78, 5) is 14.1. The minimum absolute atomic E-state index is 0.0000849. The number of halogens is 4. The van der Waals surface area contributed by atoms with E-state index in [1.54, 1.807) is 0 Å². The number of nitrogens with zero attached hydrogens (tertiary/aromatic N) is 1. The highest BCUT2D eigenvalue weighted by Crippen LogP contribution is 2.41. The number of rotatable bonds is 4. The van der Waals surface area contributed by atoms with Crippen molar-refractivity contribution in [3.8, 4) is 0 Å². The maximum absolute atomic E-state index is 14.0. The Hall–Kier alpha value is -1.30. The molecule has 0 aromatic carbocycles. The Kier molecular flexibility index (Phi) is 3.66. The second-order valence-electron chi connectivity index (χ2n) is 3.44. The number of aliphatic carboxylic acids is 1. The summed E-state index contributed by atoms with van der Waals surface area (Å²) in [6.45, 7) is 3.33. The number of carbonyl (C=O) groups is 1. The van der Waals surface area contributed by atoms with Crippen molar-refractivity contribution in [2.45, 2.75) is 24.4 Å². The number of carboxylic acids is 1. The Balaban J connectivity index is 3.26. The highest BCUT2D eigenvalue weighted by atomic mass is 35.5. The lowest BCUT2D eigenvalue weighted by atomic mass is 9.87. The van der Waals surface area contributed by atoms with E-state index in [0.717, 1.165) is 0 Å². The molecule has 1 rings (SSSR count). The molecule has 0 amide bonds. The molecule has 0 radical (unpaired) electrons. The van der Waals surface area contributed by atoms with Crippen LogP contribution in [-0.4, -0.2) is 28.4 Å². The molecule has 1 aliphatic heterocycles. The van der Waals surface area contributed by atoms with Gasteiger partial charge in [0.1, 0.15) is 5.16 Å². The quantitative estimate of drug-likeness (QED) is 0.629. The third-order valence-electron chi connectivity index (χ3n) is 2.28. The van der Waals surface area contributed by atoms with Crippen molar-refractivity contribution >= 4 is 23.3 Å². The Morgan fingerprint density at radius 2 is 2.18 bits per heavy atom. The highest BCUT2D eigenvalue weighted by molar-refractivity contribution is 6.31. The molecule has 0 aromatic heterocycles. The van der Waals surface area contributed by atoms with Crippen LogP contribution in [0.25, 0.3) is 0 Å². The zero-order valence-electron chi connectivity index (χ0n) is 8.59. The first-order valence-electron chi connectivity index (χ1n) is 4.63. The van der Waals surface area contributed by atoms with Crippen molar-refractivity contribution < 1.29 is 23.1 Å².